The zero-order chi connectivity index (χ0) is 11.4. The number of ether oxygens (including phenoxy) is 1. The summed E-state index contributed by atoms with van der Waals surface area (Å²) < 4.78 is 5.52. The summed E-state index contributed by atoms with van der Waals surface area (Å²) >= 11 is 5.99. The molecule has 0 aromatic heterocycles. The van der Waals surface area contributed by atoms with Crippen molar-refractivity contribution in [1.29, 1.82) is 0 Å². The van der Waals surface area contributed by atoms with Crippen molar-refractivity contribution in [3.05, 3.63) is 52.8 Å². The lowest BCUT2D eigenvalue weighted by Crippen LogP contribution is -1.96. The summed E-state index contributed by atoms with van der Waals surface area (Å²) in [6, 6.07) is 7.97. The summed E-state index contributed by atoms with van der Waals surface area (Å²) in [6.45, 7) is 2.72. The summed E-state index contributed by atoms with van der Waals surface area (Å²) in [6.07, 6.45) is 6.33. The molecule has 0 fully saturated rings. The van der Waals surface area contributed by atoms with E-state index < -0.39 is 0 Å². The third-order valence-corrected chi connectivity index (χ3v) is 2.82. The van der Waals surface area contributed by atoms with Gasteiger partial charge in [-0.25, -0.2) is 0 Å². The fraction of sp³-hybridized carbons (Fsp3) is 0.286. The van der Waals surface area contributed by atoms with E-state index in [1.54, 1.807) is 0 Å². The molecule has 1 aromatic rings. The highest BCUT2D eigenvalue weighted by Crippen LogP contribution is 2.28. The largest absolute Gasteiger partial charge is 0.494 e. The highest BCUT2D eigenvalue weighted by atomic mass is 35.5. The number of halogens is 1. The van der Waals surface area contributed by atoms with Gasteiger partial charge in [0.1, 0.15) is 5.76 Å². The minimum Gasteiger partial charge on any atom is -0.494 e. The summed E-state index contributed by atoms with van der Waals surface area (Å²) in [5.41, 5.74) is 2.49. The fourth-order valence-electron chi connectivity index (χ4n) is 1.86. The SMILES string of the molecule is CCOC1=CCCC(c2cccc(Cl)c2)=C1. The molecular formula is C14H15ClO. The van der Waals surface area contributed by atoms with E-state index in [2.05, 4.69) is 18.2 Å². The van der Waals surface area contributed by atoms with Gasteiger partial charge < -0.3 is 4.74 Å². The predicted octanol–water partition coefficient (Wildman–Crippen LogP) is 4.44. The fourth-order valence-corrected chi connectivity index (χ4v) is 2.05. The zero-order valence-electron chi connectivity index (χ0n) is 9.37. The van der Waals surface area contributed by atoms with Crippen molar-refractivity contribution < 1.29 is 4.74 Å². The summed E-state index contributed by atoms with van der Waals surface area (Å²) in [7, 11) is 0. The maximum Gasteiger partial charge on any atom is 0.115 e. The normalized spacial score (nSPS) is 15.4. The van der Waals surface area contributed by atoms with Gasteiger partial charge in [0, 0.05) is 5.02 Å². The van der Waals surface area contributed by atoms with E-state index in [9.17, 15) is 0 Å². The van der Waals surface area contributed by atoms with Crippen molar-refractivity contribution in [3.8, 4) is 0 Å². The Morgan fingerprint density at radius 1 is 1.38 bits per heavy atom. The first-order valence-corrected chi connectivity index (χ1v) is 5.97. The van der Waals surface area contributed by atoms with Gasteiger partial charge in [0.25, 0.3) is 0 Å². The van der Waals surface area contributed by atoms with E-state index in [4.69, 9.17) is 16.3 Å². The van der Waals surface area contributed by atoms with E-state index in [-0.39, 0.29) is 0 Å². The van der Waals surface area contributed by atoms with Gasteiger partial charge in [-0.15, -0.1) is 0 Å². The van der Waals surface area contributed by atoms with Crippen molar-refractivity contribution >= 4 is 17.2 Å². The van der Waals surface area contributed by atoms with E-state index in [1.807, 2.05) is 25.1 Å². The highest BCUT2D eigenvalue weighted by Gasteiger charge is 2.08. The number of rotatable bonds is 3. The van der Waals surface area contributed by atoms with Crippen LogP contribution in [-0.4, -0.2) is 6.61 Å². The third-order valence-electron chi connectivity index (χ3n) is 2.58. The second-order valence-electron chi connectivity index (χ2n) is 3.76. The minimum absolute atomic E-state index is 0.713. The van der Waals surface area contributed by atoms with Gasteiger partial charge in [-0.1, -0.05) is 23.7 Å². The Labute approximate surface area is 101 Å². The van der Waals surface area contributed by atoms with Crippen LogP contribution in [0.4, 0.5) is 0 Å². The van der Waals surface area contributed by atoms with E-state index in [0.717, 1.165) is 23.6 Å². The Morgan fingerprint density at radius 3 is 3.00 bits per heavy atom. The van der Waals surface area contributed by atoms with Crippen LogP contribution >= 0.6 is 11.6 Å². The van der Waals surface area contributed by atoms with Crippen molar-refractivity contribution in [2.75, 3.05) is 6.61 Å². The van der Waals surface area contributed by atoms with Crippen molar-refractivity contribution in [3.63, 3.8) is 0 Å². The Kier molecular flexibility index (Phi) is 3.68. The number of hydrogen-bond acceptors (Lipinski definition) is 1. The lowest BCUT2D eigenvalue weighted by atomic mass is 9.97. The Hall–Kier alpha value is -1.21. The Balaban J connectivity index is 2.24. The minimum atomic E-state index is 0.713. The van der Waals surface area contributed by atoms with Gasteiger partial charge in [-0.05, 0) is 55.2 Å². The molecule has 2 rings (SSSR count). The van der Waals surface area contributed by atoms with Crippen LogP contribution in [0.5, 0.6) is 0 Å². The van der Waals surface area contributed by atoms with Crippen LogP contribution in [0.25, 0.3) is 5.57 Å². The van der Waals surface area contributed by atoms with Gasteiger partial charge in [0.2, 0.25) is 0 Å². The molecule has 0 saturated heterocycles. The zero-order valence-corrected chi connectivity index (χ0v) is 10.1. The Morgan fingerprint density at radius 2 is 2.25 bits per heavy atom. The maximum atomic E-state index is 5.99. The molecule has 1 aliphatic rings. The molecule has 0 N–H and O–H groups in total. The smallest absolute Gasteiger partial charge is 0.115 e. The summed E-state index contributed by atoms with van der Waals surface area (Å²) in [5.74, 6) is 0.976. The standard InChI is InChI=1S/C14H15ClO/c1-2-16-14-8-4-6-12(10-14)11-5-3-7-13(15)9-11/h3,5,7-10H,2,4,6H2,1H3. The number of hydrogen-bond donors (Lipinski definition) is 0. The first-order chi connectivity index (χ1) is 7.79. The average molecular weight is 235 g/mol. The first kappa shape index (κ1) is 11.3. The molecule has 0 atom stereocenters. The van der Waals surface area contributed by atoms with Crippen molar-refractivity contribution in [2.24, 2.45) is 0 Å². The molecule has 0 amide bonds. The molecule has 0 aliphatic heterocycles. The predicted molar refractivity (Wildman–Crippen MR) is 68.4 cm³/mol. The van der Waals surface area contributed by atoms with Gasteiger partial charge in [0.15, 0.2) is 0 Å². The van der Waals surface area contributed by atoms with Crippen molar-refractivity contribution in [1.82, 2.24) is 0 Å². The molecule has 2 heteroatoms. The van der Waals surface area contributed by atoms with Crippen LogP contribution in [0.3, 0.4) is 0 Å². The topological polar surface area (TPSA) is 9.23 Å². The maximum absolute atomic E-state index is 5.99. The van der Waals surface area contributed by atoms with Crippen LogP contribution in [0.1, 0.15) is 25.3 Å². The van der Waals surface area contributed by atoms with E-state index in [1.165, 1.54) is 11.1 Å². The lowest BCUT2D eigenvalue weighted by Gasteiger charge is -2.14. The summed E-state index contributed by atoms with van der Waals surface area (Å²) in [5, 5.41) is 0.783. The molecule has 0 radical (unpaired) electrons. The van der Waals surface area contributed by atoms with Gasteiger partial charge in [0.05, 0.1) is 6.61 Å². The van der Waals surface area contributed by atoms with Gasteiger partial charge >= 0.3 is 0 Å². The van der Waals surface area contributed by atoms with E-state index >= 15 is 0 Å². The molecule has 84 valence electrons. The van der Waals surface area contributed by atoms with Crippen LogP contribution in [0.15, 0.2) is 42.2 Å². The first-order valence-electron chi connectivity index (χ1n) is 5.59. The van der Waals surface area contributed by atoms with Crippen molar-refractivity contribution in [2.45, 2.75) is 19.8 Å². The second kappa shape index (κ2) is 5.22. The molecule has 16 heavy (non-hydrogen) atoms. The van der Waals surface area contributed by atoms with Crippen LogP contribution in [0.2, 0.25) is 5.02 Å². The number of benzene rings is 1. The highest BCUT2D eigenvalue weighted by molar-refractivity contribution is 6.30. The molecule has 0 heterocycles. The van der Waals surface area contributed by atoms with Gasteiger partial charge in [-0.2, -0.15) is 0 Å². The third kappa shape index (κ3) is 2.67. The molecule has 1 aliphatic carbocycles. The second-order valence-corrected chi connectivity index (χ2v) is 4.19. The van der Waals surface area contributed by atoms with Crippen LogP contribution in [-0.2, 0) is 4.74 Å². The van der Waals surface area contributed by atoms with Crippen LogP contribution < -0.4 is 0 Å². The molecule has 0 bridgehead atoms. The number of allylic oxidation sites excluding steroid dienone is 3. The lowest BCUT2D eigenvalue weighted by molar-refractivity contribution is 0.240. The summed E-state index contributed by atoms with van der Waals surface area (Å²) in [4.78, 5) is 0. The molecule has 1 aromatic carbocycles. The molecule has 0 saturated carbocycles. The van der Waals surface area contributed by atoms with E-state index in [0.29, 0.717) is 6.61 Å². The average Bonchev–Trinajstić information content (AvgIpc) is 2.30. The van der Waals surface area contributed by atoms with Gasteiger partial charge in [-0.3, -0.25) is 0 Å². The van der Waals surface area contributed by atoms with Crippen LogP contribution in [0, 0.1) is 0 Å². The Bertz CT molecular complexity index is 432. The monoisotopic (exact) mass is 234 g/mol. The molecule has 0 spiro atoms. The molecular weight excluding hydrogens is 220 g/mol. The quantitative estimate of drug-likeness (QED) is 0.752. The molecule has 0 unspecified atom stereocenters. The molecule has 1 nitrogen and oxygen atoms in total.